The van der Waals surface area contributed by atoms with E-state index >= 15 is 0 Å². The number of ether oxygens (including phenoxy) is 1. The van der Waals surface area contributed by atoms with Gasteiger partial charge in [-0.2, -0.15) is 0 Å². The number of hydrogen-bond donors (Lipinski definition) is 0. The van der Waals surface area contributed by atoms with Gasteiger partial charge in [-0.1, -0.05) is 60.3 Å². The van der Waals surface area contributed by atoms with Crippen LogP contribution in [0.3, 0.4) is 0 Å². The lowest BCUT2D eigenvalue weighted by Crippen LogP contribution is -2.18. The van der Waals surface area contributed by atoms with E-state index in [4.69, 9.17) is 4.74 Å². The minimum Gasteiger partial charge on any atom is -0.465 e. The number of rotatable bonds is 8. The van der Waals surface area contributed by atoms with E-state index in [9.17, 15) is 4.79 Å². The largest absolute Gasteiger partial charge is 0.465 e. The summed E-state index contributed by atoms with van der Waals surface area (Å²) in [5.41, 5.74) is 0.0763. The molecule has 0 saturated carbocycles. The lowest BCUT2D eigenvalue weighted by Gasteiger charge is -2.17. The van der Waals surface area contributed by atoms with Crippen LogP contribution in [0.4, 0.5) is 0 Å². The van der Waals surface area contributed by atoms with Crippen LogP contribution in [0.25, 0.3) is 0 Å². The number of unbranched alkanes of at least 4 members (excludes halogenated alkanes) is 3. The van der Waals surface area contributed by atoms with Crippen molar-refractivity contribution in [1.29, 1.82) is 0 Å². The van der Waals surface area contributed by atoms with Crippen LogP contribution < -0.4 is 0 Å². The molecule has 0 aromatic heterocycles. The number of hydrogen-bond acceptors (Lipinski definition) is 2. The Morgan fingerprint density at radius 2 is 1.65 bits per heavy atom. The van der Waals surface area contributed by atoms with Crippen LogP contribution in [0.1, 0.15) is 73.1 Å². The molecule has 0 aliphatic carbocycles. The fourth-order valence-corrected chi connectivity index (χ4v) is 1.54. The van der Waals surface area contributed by atoms with Gasteiger partial charge in [0.25, 0.3) is 0 Å². The van der Waals surface area contributed by atoms with Crippen LogP contribution in [-0.2, 0) is 9.53 Å². The summed E-state index contributed by atoms with van der Waals surface area (Å²) < 4.78 is 5.21. The SMILES string of the molecule is CC(C)CCCCCCC(=O)OCC(C)(C)C. The van der Waals surface area contributed by atoms with E-state index in [-0.39, 0.29) is 11.4 Å². The highest BCUT2D eigenvalue weighted by molar-refractivity contribution is 5.69. The first-order valence-electron chi connectivity index (χ1n) is 6.97. The predicted octanol–water partition coefficient (Wildman–Crippen LogP) is 4.57. The monoisotopic (exact) mass is 242 g/mol. The van der Waals surface area contributed by atoms with Crippen molar-refractivity contribution in [3.8, 4) is 0 Å². The van der Waals surface area contributed by atoms with E-state index in [0.717, 1.165) is 18.8 Å². The lowest BCUT2D eigenvalue weighted by atomic mass is 9.99. The van der Waals surface area contributed by atoms with Crippen LogP contribution in [0, 0.1) is 11.3 Å². The van der Waals surface area contributed by atoms with Gasteiger partial charge in [0.1, 0.15) is 0 Å². The summed E-state index contributed by atoms with van der Waals surface area (Å²) in [6.07, 6.45) is 6.53. The average Bonchev–Trinajstić information content (AvgIpc) is 2.19. The molecule has 102 valence electrons. The highest BCUT2D eigenvalue weighted by Gasteiger charge is 2.13. The van der Waals surface area contributed by atoms with Crippen molar-refractivity contribution >= 4 is 5.97 Å². The van der Waals surface area contributed by atoms with Crippen molar-refractivity contribution in [2.75, 3.05) is 6.61 Å². The van der Waals surface area contributed by atoms with Crippen LogP contribution >= 0.6 is 0 Å². The second-order valence-corrected chi connectivity index (χ2v) is 6.57. The van der Waals surface area contributed by atoms with E-state index in [2.05, 4.69) is 34.6 Å². The van der Waals surface area contributed by atoms with Gasteiger partial charge in [-0.3, -0.25) is 4.79 Å². The standard InChI is InChI=1S/C15H30O2/c1-13(2)10-8-6-7-9-11-14(16)17-12-15(3,4)5/h13H,6-12H2,1-5H3. The maximum absolute atomic E-state index is 11.4. The molecule has 0 heterocycles. The molecule has 0 N–H and O–H groups in total. The van der Waals surface area contributed by atoms with Crippen molar-refractivity contribution in [3.05, 3.63) is 0 Å². The zero-order valence-corrected chi connectivity index (χ0v) is 12.3. The Bertz CT molecular complexity index is 201. The highest BCUT2D eigenvalue weighted by Crippen LogP contribution is 2.14. The molecule has 2 heteroatoms. The van der Waals surface area contributed by atoms with Gasteiger partial charge in [-0.25, -0.2) is 0 Å². The first kappa shape index (κ1) is 16.5. The molecule has 17 heavy (non-hydrogen) atoms. The van der Waals surface area contributed by atoms with Crippen LogP contribution in [0.2, 0.25) is 0 Å². The molecule has 0 rings (SSSR count). The van der Waals surface area contributed by atoms with Gasteiger partial charge in [0.05, 0.1) is 6.61 Å². The zero-order chi connectivity index (χ0) is 13.3. The molecule has 0 aliphatic rings. The lowest BCUT2D eigenvalue weighted by molar-refractivity contribution is -0.146. The van der Waals surface area contributed by atoms with Crippen molar-refractivity contribution < 1.29 is 9.53 Å². The van der Waals surface area contributed by atoms with Gasteiger partial charge in [-0.05, 0) is 17.8 Å². The molecule has 0 aromatic rings. The maximum Gasteiger partial charge on any atom is 0.305 e. The predicted molar refractivity (Wildman–Crippen MR) is 73.0 cm³/mol. The Hall–Kier alpha value is -0.530. The topological polar surface area (TPSA) is 26.3 Å². The first-order chi connectivity index (χ1) is 7.81. The van der Waals surface area contributed by atoms with Crippen LogP contribution in [0.15, 0.2) is 0 Å². The van der Waals surface area contributed by atoms with Gasteiger partial charge >= 0.3 is 5.97 Å². The molecular weight excluding hydrogens is 212 g/mol. The maximum atomic E-state index is 11.4. The Balaban J connectivity index is 3.34. The molecule has 0 fully saturated rings. The Kier molecular flexibility index (Phi) is 8.28. The smallest absolute Gasteiger partial charge is 0.305 e. The first-order valence-corrected chi connectivity index (χ1v) is 6.97. The third-order valence-electron chi connectivity index (χ3n) is 2.58. The number of carbonyl (C=O) groups is 1. The Labute approximate surface area is 107 Å². The van der Waals surface area contributed by atoms with Crippen molar-refractivity contribution in [2.45, 2.75) is 73.1 Å². The van der Waals surface area contributed by atoms with Crippen LogP contribution in [0.5, 0.6) is 0 Å². The van der Waals surface area contributed by atoms with Gasteiger partial charge in [0.2, 0.25) is 0 Å². The number of carbonyl (C=O) groups excluding carboxylic acids is 1. The summed E-state index contributed by atoms with van der Waals surface area (Å²) in [5, 5.41) is 0. The van der Waals surface area contributed by atoms with Crippen LogP contribution in [-0.4, -0.2) is 12.6 Å². The molecule has 0 amide bonds. The quantitative estimate of drug-likeness (QED) is 0.460. The van der Waals surface area contributed by atoms with E-state index in [1.165, 1.54) is 19.3 Å². The summed E-state index contributed by atoms with van der Waals surface area (Å²) in [7, 11) is 0. The molecule has 0 spiro atoms. The van der Waals surface area contributed by atoms with E-state index in [0.29, 0.717) is 13.0 Å². The molecule has 0 bridgehead atoms. The van der Waals surface area contributed by atoms with Crippen molar-refractivity contribution in [3.63, 3.8) is 0 Å². The summed E-state index contributed by atoms with van der Waals surface area (Å²) >= 11 is 0. The fraction of sp³-hybridized carbons (Fsp3) is 0.933. The second kappa shape index (κ2) is 8.54. The summed E-state index contributed by atoms with van der Waals surface area (Å²) in [4.78, 5) is 11.4. The molecule has 0 atom stereocenters. The fourth-order valence-electron chi connectivity index (χ4n) is 1.54. The van der Waals surface area contributed by atoms with E-state index in [1.54, 1.807) is 0 Å². The van der Waals surface area contributed by atoms with E-state index < -0.39 is 0 Å². The average molecular weight is 242 g/mol. The van der Waals surface area contributed by atoms with E-state index in [1.807, 2.05) is 0 Å². The van der Waals surface area contributed by atoms with Crippen molar-refractivity contribution in [2.24, 2.45) is 11.3 Å². The molecule has 2 nitrogen and oxygen atoms in total. The summed E-state index contributed by atoms with van der Waals surface area (Å²) in [6, 6.07) is 0. The molecule has 0 saturated heterocycles. The van der Waals surface area contributed by atoms with Gasteiger partial charge in [-0.15, -0.1) is 0 Å². The van der Waals surface area contributed by atoms with Gasteiger partial charge in [0.15, 0.2) is 0 Å². The minimum absolute atomic E-state index is 0.0382. The molecule has 0 unspecified atom stereocenters. The molecular formula is C15H30O2. The Morgan fingerprint density at radius 3 is 2.18 bits per heavy atom. The third kappa shape index (κ3) is 13.4. The third-order valence-corrected chi connectivity index (χ3v) is 2.58. The minimum atomic E-state index is -0.0382. The normalized spacial score (nSPS) is 11.9. The molecule has 0 aliphatic heterocycles. The van der Waals surface area contributed by atoms with Gasteiger partial charge in [0, 0.05) is 6.42 Å². The highest BCUT2D eigenvalue weighted by atomic mass is 16.5. The second-order valence-electron chi connectivity index (χ2n) is 6.57. The van der Waals surface area contributed by atoms with Gasteiger partial charge < -0.3 is 4.74 Å². The Morgan fingerprint density at radius 1 is 1.06 bits per heavy atom. The summed E-state index contributed by atoms with van der Waals surface area (Å²) in [6.45, 7) is 11.3. The van der Waals surface area contributed by atoms with Crippen molar-refractivity contribution in [1.82, 2.24) is 0 Å². The molecule has 0 aromatic carbocycles. The summed E-state index contributed by atoms with van der Waals surface area (Å²) in [5.74, 6) is 0.760. The number of esters is 1. The zero-order valence-electron chi connectivity index (χ0n) is 12.3. The molecule has 0 radical (unpaired) electrons.